The molecule has 0 unspecified atom stereocenters. The summed E-state index contributed by atoms with van der Waals surface area (Å²) in [5.74, 6) is -2.99. The highest BCUT2D eigenvalue weighted by molar-refractivity contribution is 5.85. The Labute approximate surface area is 109 Å². The maximum absolute atomic E-state index is 11.3. The second kappa shape index (κ2) is 8.72. The summed E-state index contributed by atoms with van der Waals surface area (Å²) in [6.07, 6.45) is -0.215. The SMILES string of the molecule is NC(=O)NCCC[C@H](NC(=O)CCC(=O)O)C(=O)O. The van der Waals surface area contributed by atoms with Gasteiger partial charge in [-0.3, -0.25) is 9.59 Å². The van der Waals surface area contributed by atoms with E-state index in [1.54, 1.807) is 0 Å². The molecule has 0 aromatic carbocycles. The number of amides is 3. The summed E-state index contributed by atoms with van der Waals surface area (Å²) in [4.78, 5) is 42.8. The Morgan fingerprint density at radius 2 is 1.74 bits per heavy atom. The van der Waals surface area contributed by atoms with E-state index in [1.165, 1.54) is 0 Å². The number of carbonyl (C=O) groups excluding carboxylic acids is 2. The Hall–Kier alpha value is -2.32. The zero-order chi connectivity index (χ0) is 14.8. The normalized spacial score (nSPS) is 11.4. The van der Waals surface area contributed by atoms with E-state index in [2.05, 4.69) is 10.6 Å². The summed E-state index contributed by atoms with van der Waals surface area (Å²) in [6.45, 7) is 0.199. The Bertz CT molecular complexity index is 357. The Balaban J connectivity index is 4.04. The number of urea groups is 1. The lowest BCUT2D eigenvalue weighted by molar-refractivity contribution is -0.142. The zero-order valence-electron chi connectivity index (χ0n) is 10.2. The minimum atomic E-state index is -1.22. The van der Waals surface area contributed by atoms with Gasteiger partial charge in [0.2, 0.25) is 5.91 Å². The maximum Gasteiger partial charge on any atom is 0.326 e. The molecule has 9 heteroatoms. The Morgan fingerprint density at radius 1 is 1.11 bits per heavy atom. The second-order valence-corrected chi connectivity index (χ2v) is 3.79. The van der Waals surface area contributed by atoms with Crippen molar-refractivity contribution in [2.24, 2.45) is 5.73 Å². The summed E-state index contributed by atoms with van der Waals surface area (Å²) >= 11 is 0. The number of carboxylic acid groups (broad SMARTS) is 2. The van der Waals surface area contributed by atoms with Crippen molar-refractivity contribution in [2.75, 3.05) is 6.54 Å². The molecule has 0 aliphatic heterocycles. The van der Waals surface area contributed by atoms with Crippen LogP contribution in [-0.4, -0.2) is 46.7 Å². The van der Waals surface area contributed by atoms with Gasteiger partial charge in [-0.15, -0.1) is 0 Å². The average molecular weight is 275 g/mol. The highest BCUT2D eigenvalue weighted by Gasteiger charge is 2.19. The van der Waals surface area contributed by atoms with Crippen LogP contribution in [-0.2, 0) is 14.4 Å². The fourth-order valence-electron chi connectivity index (χ4n) is 1.26. The van der Waals surface area contributed by atoms with Crippen LogP contribution < -0.4 is 16.4 Å². The van der Waals surface area contributed by atoms with Crippen LogP contribution in [0.1, 0.15) is 25.7 Å². The van der Waals surface area contributed by atoms with Gasteiger partial charge in [-0.2, -0.15) is 0 Å². The highest BCUT2D eigenvalue weighted by Crippen LogP contribution is 1.99. The highest BCUT2D eigenvalue weighted by atomic mass is 16.4. The molecule has 0 radical (unpaired) electrons. The summed E-state index contributed by atoms with van der Waals surface area (Å²) < 4.78 is 0. The monoisotopic (exact) mass is 275 g/mol. The molecule has 0 rings (SSSR count). The maximum atomic E-state index is 11.3. The molecule has 0 saturated heterocycles. The molecular weight excluding hydrogens is 258 g/mol. The van der Waals surface area contributed by atoms with Gasteiger partial charge in [0, 0.05) is 13.0 Å². The molecule has 0 fully saturated rings. The van der Waals surface area contributed by atoms with Crippen LogP contribution in [0.3, 0.4) is 0 Å². The number of hydrogen-bond donors (Lipinski definition) is 5. The van der Waals surface area contributed by atoms with Crippen molar-refractivity contribution in [1.82, 2.24) is 10.6 Å². The molecule has 0 saturated carbocycles. The van der Waals surface area contributed by atoms with Gasteiger partial charge in [-0.05, 0) is 12.8 Å². The van der Waals surface area contributed by atoms with Crippen LogP contribution >= 0.6 is 0 Å². The Morgan fingerprint density at radius 3 is 2.21 bits per heavy atom. The minimum Gasteiger partial charge on any atom is -0.481 e. The zero-order valence-corrected chi connectivity index (χ0v) is 10.2. The lowest BCUT2D eigenvalue weighted by Gasteiger charge is -2.14. The fraction of sp³-hybridized carbons (Fsp3) is 0.600. The van der Waals surface area contributed by atoms with Crippen molar-refractivity contribution in [3.63, 3.8) is 0 Å². The van der Waals surface area contributed by atoms with E-state index in [1.807, 2.05) is 0 Å². The summed E-state index contributed by atoms with van der Waals surface area (Å²) in [5, 5.41) is 21.8. The van der Waals surface area contributed by atoms with E-state index in [4.69, 9.17) is 15.9 Å². The predicted octanol–water partition coefficient (Wildman–Crippen LogP) is -1.13. The number of hydrogen-bond acceptors (Lipinski definition) is 4. The topological polar surface area (TPSA) is 159 Å². The molecule has 9 nitrogen and oxygen atoms in total. The fourth-order valence-corrected chi connectivity index (χ4v) is 1.26. The van der Waals surface area contributed by atoms with Gasteiger partial charge >= 0.3 is 18.0 Å². The third kappa shape index (κ3) is 9.39. The number of nitrogens with one attached hydrogen (secondary N) is 2. The second-order valence-electron chi connectivity index (χ2n) is 3.79. The van der Waals surface area contributed by atoms with Crippen LogP contribution in [0.5, 0.6) is 0 Å². The summed E-state index contributed by atoms with van der Waals surface area (Å²) in [7, 11) is 0. The molecule has 1 atom stereocenters. The summed E-state index contributed by atoms with van der Waals surface area (Å²) in [6, 6.07) is -1.83. The van der Waals surface area contributed by atoms with Crippen molar-refractivity contribution < 1.29 is 29.4 Å². The smallest absolute Gasteiger partial charge is 0.326 e. The molecule has 0 aromatic rings. The van der Waals surface area contributed by atoms with Gasteiger partial charge in [0.05, 0.1) is 6.42 Å². The van der Waals surface area contributed by atoms with E-state index in [0.29, 0.717) is 6.42 Å². The first-order valence-electron chi connectivity index (χ1n) is 5.60. The summed E-state index contributed by atoms with van der Waals surface area (Å²) in [5.41, 5.74) is 4.83. The lowest BCUT2D eigenvalue weighted by atomic mass is 10.1. The molecule has 0 aliphatic rings. The standard InChI is InChI=1S/C10H17N3O6/c11-10(19)12-5-1-2-6(9(17)18)13-7(14)3-4-8(15)16/h6H,1-5H2,(H,13,14)(H,15,16)(H,17,18)(H3,11,12,19)/t6-/m0/s1. The number of carboxylic acids is 2. The number of nitrogens with two attached hydrogens (primary N) is 1. The lowest BCUT2D eigenvalue weighted by Crippen LogP contribution is -2.41. The van der Waals surface area contributed by atoms with E-state index >= 15 is 0 Å². The van der Waals surface area contributed by atoms with Crippen molar-refractivity contribution in [1.29, 1.82) is 0 Å². The molecule has 0 spiro atoms. The molecule has 3 amide bonds. The molecule has 6 N–H and O–H groups in total. The number of aliphatic carboxylic acids is 2. The molecule has 19 heavy (non-hydrogen) atoms. The van der Waals surface area contributed by atoms with Crippen LogP contribution in [0.2, 0.25) is 0 Å². The number of primary amides is 1. The predicted molar refractivity (Wildman–Crippen MR) is 63.3 cm³/mol. The number of carbonyl (C=O) groups is 4. The molecular formula is C10H17N3O6. The molecule has 0 aliphatic carbocycles. The first kappa shape index (κ1) is 16.7. The van der Waals surface area contributed by atoms with E-state index < -0.39 is 29.9 Å². The van der Waals surface area contributed by atoms with Gasteiger partial charge in [-0.25, -0.2) is 9.59 Å². The quantitative estimate of drug-likeness (QED) is 0.335. The van der Waals surface area contributed by atoms with Gasteiger partial charge in [0.25, 0.3) is 0 Å². The average Bonchev–Trinajstić information content (AvgIpc) is 2.29. The molecule has 0 heterocycles. The van der Waals surface area contributed by atoms with Crippen molar-refractivity contribution in [3.8, 4) is 0 Å². The van der Waals surface area contributed by atoms with Crippen LogP contribution in [0.4, 0.5) is 4.79 Å². The third-order valence-corrected chi connectivity index (χ3v) is 2.17. The van der Waals surface area contributed by atoms with Gasteiger partial charge < -0.3 is 26.6 Å². The first-order valence-corrected chi connectivity index (χ1v) is 5.60. The van der Waals surface area contributed by atoms with E-state index in [9.17, 15) is 19.2 Å². The van der Waals surface area contributed by atoms with Gasteiger partial charge in [0.15, 0.2) is 0 Å². The van der Waals surface area contributed by atoms with Crippen molar-refractivity contribution >= 4 is 23.9 Å². The van der Waals surface area contributed by atoms with Gasteiger partial charge in [0.1, 0.15) is 6.04 Å². The van der Waals surface area contributed by atoms with Gasteiger partial charge in [-0.1, -0.05) is 0 Å². The van der Waals surface area contributed by atoms with E-state index in [-0.39, 0.29) is 25.8 Å². The number of rotatable bonds is 9. The van der Waals surface area contributed by atoms with Crippen LogP contribution in [0.15, 0.2) is 0 Å². The van der Waals surface area contributed by atoms with Crippen LogP contribution in [0.25, 0.3) is 0 Å². The van der Waals surface area contributed by atoms with Crippen molar-refractivity contribution in [3.05, 3.63) is 0 Å². The van der Waals surface area contributed by atoms with Crippen LogP contribution in [0, 0.1) is 0 Å². The molecule has 0 aromatic heterocycles. The first-order chi connectivity index (χ1) is 8.82. The molecule has 108 valence electrons. The Kier molecular flexibility index (Phi) is 7.66. The third-order valence-electron chi connectivity index (χ3n) is 2.17. The van der Waals surface area contributed by atoms with E-state index in [0.717, 1.165) is 0 Å². The minimum absolute atomic E-state index is 0.106. The largest absolute Gasteiger partial charge is 0.481 e. The van der Waals surface area contributed by atoms with Crippen molar-refractivity contribution in [2.45, 2.75) is 31.7 Å². The molecule has 0 bridgehead atoms.